The van der Waals surface area contributed by atoms with Crippen molar-refractivity contribution in [1.29, 1.82) is 5.26 Å². The van der Waals surface area contributed by atoms with E-state index in [1.165, 1.54) is 0 Å². The van der Waals surface area contributed by atoms with Crippen molar-refractivity contribution in [2.45, 2.75) is 12.7 Å². The van der Waals surface area contributed by atoms with Crippen LogP contribution >= 0.6 is 11.8 Å². The van der Waals surface area contributed by atoms with Crippen LogP contribution < -0.4 is 10.6 Å². The van der Waals surface area contributed by atoms with Crippen LogP contribution in [0, 0.1) is 18.4 Å². The van der Waals surface area contributed by atoms with Crippen LogP contribution in [0.15, 0.2) is 15.6 Å². The zero-order chi connectivity index (χ0) is 12.5. The van der Waals surface area contributed by atoms with Crippen molar-refractivity contribution in [2.75, 3.05) is 19.3 Å². The van der Waals surface area contributed by atoms with E-state index >= 15 is 0 Å². The molecule has 0 aliphatic carbocycles. The van der Waals surface area contributed by atoms with Gasteiger partial charge in [0.25, 0.3) is 0 Å². The number of aromatic nitrogens is 1. The van der Waals surface area contributed by atoms with Gasteiger partial charge in [-0.2, -0.15) is 17.0 Å². The lowest BCUT2D eigenvalue weighted by molar-refractivity contribution is 0.393. The number of hydrogen-bond donors (Lipinski definition) is 2. The fourth-order valence-electron chi connectivity index (χ4n) is 1.12. The molecule has 0 radical (unpaired) electrons. The van der Waals surface area contributed by atoms with E-state index in [1.807, 2.05) is 19.2 Å². The number of aliphatic imine (C=N–C) groups is 1. The normalized spacial score (nSPS) is 11.0. The van der Waals surface area contributed by atoms with Crippen molar-refractivity contribution in [3.8, 4) is 6.19 Å². The number of hydrogen-bond acceptors (Lipinski definition) is 5. The average molecular weight is 253 g/mol. The predicted octanol–water partition coefficient (Wildman–Crippen LogP) is 0.862. The first-order chi connectivity index (χ1) is 8.26. The molecule has 0 unspecified atom stereocenters. The lowest BCUT2D eigenvalue weighted by Gasteiger charge is -2.01. The van der Waals surface area contributed by atoms with Crippen molar-refractivity contribution < 1.29 is 4.52 Å². The second kappa shape index (κ2) is 7.57. The summed E-state index contributed by atoms with van der Waals surface area (Å²) in [6.45, 7) is 2.52. The number of aryl methyl sites for hydroxylation is 1. The summed E-state index contributed by atoms with van der Waals surface area (Å²) >= 11 is 1.72. The van der Waals surface area contributed by atoms with Gasteiger partial charge in [0.05, 0.1) is 12.2 Å². The van der Waals surface area contributed by atoms with E-state index in [0.717, 1.165) is 23.0 Å². The van der Waals surface area contributed by atoms with Gasteiger partial charge >= 0.3 is 0 Å². The van der Waals surface area contributed by atoms with Crippen LogP contribution in [0.1, 0.15) is 11.5 Å². The van der Waals surface area contributed by atoms with E-state index in [1.54, 1.807) is 18.8 Å². The van der Waals surface area contributed by atoms with Crippen molar-refractivity contribution in [2.24, 2.45) is 4.99 Å². The van der Waals surface area contributed by atoms with E-state index in [-0.39, 0.29) is 0 Å². The van der Waals surface area contributed by atoms with Gasteiger partial charge in [-0.05, 0) is 6.92 Å². The van der Waals surface area contributed by atoms with Crippen LogP contribution in [0.5, 0.6) is 0 Å². The molecule has 0 bridgehead atoms. The molecule has 0 atom stereocenters. The first kappa shape index (κ1) is 13.4. The van der Waals surface area contributed by atoms with E-state index in [4.69, 9.17) is 9.78 Å². The first-order valence-electron chi connectivity index (χ1n) is 5.13. The lowest BCUT2D eigenvalue weighted by atomic mass is 10.4. The molecule has 0 fully saturated rings. The molecule has 0 spiro atoms. The minimum Gasteiger partial charge on any atom is -0.361 e. The van der Waals surface area contributed by atoms with Crippen molar-refractivity contribution in [3.63, 3.8) is 0 Å². The zero-order valence-corrected chi connectivity index (χ0v) is 10.7. The van der Waals surface area contributed by atoms with Crippen molar-refractivity contribution in [3.05, 3.63) is 17.5 Å². The molecule has 1 heterocycles. The first-order valence-corrected chi connectivity index (χ1v) is 6.29. The number of nitriles is 1. The molecule has 0 aliphatic rings. The maximum absolute atomic E-state index is 8.42. The smallest absolute Gasteiger partial charge is 0.204 e. The number of rotatable bonds is 5. The van der Waals surface area contributed by atoms with Crippen LogP contribution in [0.25, 0.3) is 0 Å². The fraction of sp³-hybridized carbons (Fsp3) is 0.500. The highest BCUT2D eigenvalue weighted by Gasteiger charge is 1.99. The maximum atomic E-state index is 8.42. The van der Waals surface area contributed by atoms with Crippen LogP contribution in [-0.4, -0.2) is 30.5 Å². The summed E-state index contributed by atoms with van der Waals surface area (Å²) in [5.41, 5.74) is 0.945. The minimum atomic E-state index is 0.491. The minimum absolute atomic E-state index is 0.491. The topological polar surface area (TPSA) is 86.2 Å². The number of thioether (sulfide) groups is 1. The Morgan fingerprint density at radius 3 is 3.12 bits per heavy atom. The summed E-state index contributed by atoms with van der Waals surface area (Å²) in [6, 6.07) is 1.92. The van der Waals surface area contributed by atoms with E-state index in [0.29, 0.717) is 12.5 Å². The van der Waals surface area contributed by atoms with Gasteiger partial charge in [-0.25, -0.2) is 0 Å². The maximum Gasteiger partial charge on any atom is 0.204 e. The molecule has 7 heteroatoms. The molecule has 17 heavy (non-hydrogen) atoms. The highest BCUT2D eigenvalue weighted by atomic mass is 32.2. The third kappa shape index (κ3) is 5.26. The monoisotopic (exact) mass is 253 g/mol. The molecule has 0 amide bonds. The summed E-state index contributed by atoms with van der Waals surface area (Å²) in [6.07, 6.45) is 1.82. The summed E-state index contributed by atoms with van der Waals surface area (Å²) in [5, 5.41) is 17.6. The third-order valence-electron chi connectivity index (χ3n) is 1.84. The summed E-state index contributed by atoms with van der Waals surface area (Å²) in [7, 11) is 1.72. The van der Waals surface area contributed by atoms with Gasteiger partial charge < -0.3 is 9.84 Å². The summed E-state index contributed by atoms with van der Waals surface area (Å²) < 4.78 is 4.96. The Bertz CT molecular complexity index is 409. The van der Waals surface area contributed by atoms with Crippen molar-refractivity contribution >= 4 is 17.7 Å². The molecule has 1 aromatic rings. The van der Waals surface area contributed by atoms with E-state index in [2.05, 4.69) is 20.8 Å². The largest absolute Gasteiger partial charge is 0.361 e. The van der Waals surface area contributed by atoms with Gasteiger partial charge in [-0.3, -0.25) is 10.3 Å². The number of nitrogens with one attached hydrogen (secondary N) is 2. The molecule has 2 N–H and O–H groups in total. The molecule has 6 nitrogen and oxygen atoms in total. The Morgan fingerprint density at radius 2 is 2.53 bits per heavy atom. The molecule has 1 rings (SSSR count). The molecular weight excluding hydrogens is 238 g/mol. The molecular formula is C10H15N5OS. The average Bonchev–Trinajstić information content (AvgIpc) is 2.73. The Morgan fingerprint density at radius 1 is 1.71 bits per heavy atom. The second-order valence-electron chi connectivity index (χ2n) is 3.20. The molecule has 0 aliphatic heterocycles. The van der Waals surface area contributed by atoms with E-state index < -0.39 is 0 Å². The van der Waals surface area contributed by atoms with Crippen LogP contribution in [0.3, 0.4) is 0 Å². The second-order valence-corrected chi connectivity index (χ2v) is 4.30. The highest BCUT2D eigenvalue weighted by Crippen LogP contribution is 2.11. The number of guanidine groups is 1. The molecule has 92 valence electrons. The quantitative estimate of drug-likeness (QED) is 0.266. The lowest BCUT2D eigenvalue weighted by Crippen LogP contribution is -2.31. The number of nitrogens with zero attached hydrogens (tertiary/aromatic N) is 3. The molecule has 0 saturated carbocycles. The summed E-state index contributed by atoms with van der Waals surface area (Å²) in [4.78, 5) is 4.18. The van der Waals surface area contributed by atoms with Gasteiger partial charge in [0.15, 0.2) is 6.19 Å². The standard InChI is InChI=1S/C10H15N5OS/c1-8-5-9(15-16-8)6-17-4-3-13-10(12-2)14-7-11/h5H,3-4,6H2,1-2H3,(H2,12,13,14). The zero-order valence-electron chi connectivity index (χ0n) is 9.86. The Labute approximate surface area is 104 Å². The Hall–Kier alpha value is -1.68. The molecule has 0 saturated heterocycles. The molecule has 0 aromatic carbocycles. The predicted molar refractivity (Wildman–Crippen MR) is 67.5 cm³/mol. The SMILES string of the molecule is CNC(=NCCSCc1cc(C)on1)NC#N. The van der Waals surface area contributed by atoms with Gasteiger partial charge in [0, 0.05) is 24.6 Å². The van der Waals surface area contributed by atoms with Crippen LogP contribution in [0.2, 0.25) is 0 Å². The van der Waals surface area contributed by atoms with Crippen molar-refractivity contribution in [1.82, 2.24) is 15.8 Å². The Balaban J connectivity index is 2.18. The fourth-order valence-corrected chi connectivity index (χ4v) is 1.83. The molecule has 1 aromatic heterocycles. The highest BCUT2D eigenvalue weighted by molar-refractivity contribution is 7.98. The van der Waals surface area contributed by atoms with Crippen LogP contribution in [0.4, 0.5) is 0 Å². The third-order valence-corrected chi connectivity index (χ3v) is 2.81. The Kier molecular flexibility index (Phi) is 5.96. The summed E-state index contributed by atoms with van der Waals surface area (Å²) in [5.74, 6) is 3.00. The van der Waals surface area contributed by atoms with Gasteiger partial charge in [0.1, 0.15) is 5.76 Å². The van der Waals surface area contributed by atoms with E-state index in [9.17, 15) is 0 Å². The van der Waals surface area contributed by atoms with Gasteiger partial charge in [-0.15, -0.1) is 0 Å². The van der Waals surface area contributed by atoms with Gasteiger partial charge in [0.2, 0.25) is 5.96 Å². The van der Waals surface area contributed by atoms with Crippen LogP contribution in [-0.2, 0) is 5.75 Å². The van der Waals surface area contributed by atoms with Gasteiger partial charge in [-0.1, -0.05) is 5.16 Å².